The van der Waals surface area contributed by atoms with E-state index in [2.05, 4.69) is 5.32 Å². The van der Waals surface area contributed by atoms with E-state index in [0.29, 0.717) is 22.4 Å². The van der Waals surface area contributed by atoms with Gasteiger partial charge in [-0.05, 0) is 65.4 Å². The molecule has 1 amide bonds. The van der Waals surface area contributed by atoms with Gasteiger partial charge in [-0.1, -0.05) is 36.4 Å². The first-order chi connectivity index (χ1) is 13.8. The zero-order chi connectivity index (χ0) is 20.6. The van der Waals surface area contributed by atoms with Crippen LogP contribution in [0.4, 0.5) is 18.9 Å². The summed E-state index contributed by atoms with van der Waals surface area (Å²) in [7, 11) is 0. The molecule has 0 saturated heterocycles. The van der Waals surface area contributed by atoms with Crippen LogP contribution in [-0.4, -0.2) is 11.9 Å². The Hall–Kier alpha value is -3.12. The fraction of sp³-hybridized carbons (Fsp3) is 0.174. The van der Waals surface area contributed by atoms with E-state index in [9.17, 15) is 18.0 Å². The Kier molecular flexibility index (Phi) is 4.88. The lowest BCUT2D eigenvalue weighted by Crippen LogP contribution is -2.19. The molecular formula is C23H19F3N2O. The number of fused-ring (bicyclic) bond motifs is 1. The Morgan fingerprint density at radius 3 is 2.34 bits per heavy atom. The van der Waals surface area contributed by atoms with E-state index in [-0.39, 0.29) is 11.9 Å². The number of anilines is 1. The highest BCUT2D eigenvalue weighted by Crippen LogP contribution is 2.32. The van der Waals surface area contributed by atoms with Gasteiger partial charge in [-0.15, -0.1) is 0 Å². The number of hydrogen-bond donors (Lipinski definition) is 2. The van der Waals surface area contributed by atoms with Gasteiger partial charge in [0.1, 0.15) is 0 Å². The summed E-state index contributed by atoms with van der Waals surface area (Å²) in [6.07, 6.45) is -2.78. The fourth-order valence-corrected chi connectivity index (χ4v) is 3.70. The molecule has 3 aromatic carbocycles. The third kappa shape index (κ3) is 4.03. The van der Waals surface area contributed by atoms with Crippen molar-refractivity contribution in [3.05, 3.63) is 89.0 Å². The number of nitrogens with two attached hydrogens (primary N) is 1. The van der Waals surface area contributed by atoms with Crippen LogP contribution in [0, 0.1) is 0 Å². The monoisotopic (exact) mass is 396 g/mol. The first kappa shape index (κ1) is 19.2. The standard InChI is InChI=1S/C23H19F3N2O/c24-23(25,26)17-8-5-14(6-9-17)20-3-1-2-4-21(20)22(29)28-19-10-7-15-11-18(27)12-16(15)13-19/h1-10,13,18H,11-12,27H2,(H,28,29). The highest BCUT2D eigenvalue weighted by atomic mass is 19.4. The number of hydrogen-bond acceptors (Lipinski definition) is 2. The topological polar surface area (TPSA) is 55.1 Å². The second kappa shape index (κ2) is 7.37. The van der Waals surface area contributed by atoms with Crippen LogP contribution >= 0.6 is 0 Å². The maximum atomic E-state index is 12.9. The Morgan fingerprint density at radius 1 is 0.931 bits per heavy atom. The minimum Gasteiger partial charge on any atom is -0.327 e. The van der Waals surface area contributed by atoms with E-state index >= 15 is 0 Å². The number of nitrogens with one attached hydrogen (secondary N) is 1. The second-order valence-corrected chi connectivity index (χ2v) is 7.23. The number of alkyl halides is 3. The van der Waals surface area contributed by atoms with Crippen molar-refractivity contribution >= 4 is 11.6 Å². The first-order valence-electron chi connectivity index (χ1n) is 9.26. The Labute approximate surface area is 166 Å². The molecule has 148 valence electrons. The molecule has 0 radical (unpaired) electrons. The van der Waals surface area contributed by atoms with Gasteiger partial charge in [0.2, 0.25) is 0 Å². The predicted octanol–water partition coefficient (Wildman–Crippen LogP) is 5.05. The smallest absolute Gasteiger partial charge is 0.327 e. The predicted molar refractivity (Wildman–Crippen MR) is 107 cm³/mol. The van der Waals surface area contributed by atoms with Gasteiger partial charge >= 0.3 is 6.18 Å². The number of halogens is 3. The SMILES string of the molecule is NC1Cc2ccc(NC(=O)c3ccccc3-c3ccc(C(F)(F)F)cc3)cc2C1. The van der Waals surface area contributed by atoms with Crippen LogP contribution in [0.3, 0.4) is 0 Å². The number of rotatable bonds is 3. The minimum atomic E-state index is -4.40. The summed E-state index contributed by atoms with van der Waals surface area (Å²) >= 11 is 0. The summed E-state index contributed by atoms with van der Waals surface area (Å²) in [4.78, 5) is 12.9. The molecule has 3 aromatic rings. The minimum absolute atomic E-state index is 0.108. The van der Waals surface area contributed by atoms with E-state index in [0.717, 1.165) is 30.5 Å². The van der Waals surface area contributed by atoms with Gasteiger partial charge in [0, 0.05) is 17.3 Å². The largest absolute Gasteiger partial charge is 0.416 e. The fourth-order valence-electron chi connectivity index (χ4n) is 3.70. The lowest BCUT2D eigenvalue weighted by Gasteiger charge is -2.12. The maximum absolute atomic E-state index is 12.9. The molecule has 6 heteroatoms. The van der Waals surface area contributed by atoms with E-state index < -0.39 is 11.7 Å². The normalized spacial score (nSPS) is 15.8. The number of benzene rings is 3. The first-order valence-corrected chi connectivity index (χ1v) is 9.26. The van der Waals surface area contributed by atoms with Crippen molar-refractivity contribution in [1.82, 2.24) is 0 Å². The highest BCUT2D eigenvalue weighted by molar-refractivity contribution is 6.08. The van der Waals surface area contributed by atoms with Crippen LogP contribution < -0.4 is 11.1 Å². The zero-order valence-electron chi connectivity index (χ0n) is 15.5. The molecule has 1 unspecified atom stereocenters. The van der Waals surface area contributed by atoms with E-state index in [1.54, 1.807) is 24.3 Å². The molecule has 0 heterocycles. The molecule has 0 aromatic heterocycles. The molecule has 0 spiro atoms. The van der Waals surface area contributed by atoms with Crippen LogP contribution in [0.5, 0.6) is 0 Å². The van der Waals surface area contributed by atoms with Gasteiger partial charge in [-0.2, -0.15) is 13.2 Å². The Morgan fingerprint density at radius 2 is 1.62 bits per heavy atom. The van der Waals surface area contributed by atoms with Gasteiger partial charge in [0.15, 0.2) is 0 Å². The molecule has 0 aliphatic heterocycles. The molecule has 0 fully saturated rings. The summed E-state index contributed by atoms with van der Waals surface area (Å²) in [5.74, 6) is -0.317. The van der Waals surface area contributed by atoms with Gasteiger partial charge in [0.25, 0.3) is 5.91 Å². The van der Waals surface area contributed by atoms with Crippen LogP contribution in [0.2, 0.25) is 0 Å². The molecular weight excluding hydrogens is 377 g/mol. The molecule has 1 aliphatic rings. The van der Waals surface area contributed by atoms with E-state index in [4.69, 9.17) is 5.73 Å². The molecule has 4 rings (SSSR count). The summed E-state index contributed by atoms with van der Waals surface area (Å²) < 4.78 is 38.5. The molecule has 0 bridgehead atoms. The summed E-state index contributed by atoms with van der Waals surface area (Å²) in [5, 5.41) is 2.89. The van der Waals surface area contributed by atoms with Gasteiger partial charge in [-0.3, -0.25) is 4.79 Å². The molecule has 1 atom stereocenters. The van der Waals surface area contributed by atoms with Crippen LogP contribution in [-0.2, 0) is 19.0 Å². The molecule has 3 nitrogen and oxygen atoms in total. The van der Waals surface area contributed by atoms with E-state index in [1.807, 2.05) is 18.2 Å². The Balaban J connectivity index is 1.60. The van der Waals surface area contributed by atoms with E-state index in [1.165, 1.54) is 17.7 Å². The molecule has 3 N–H and O–H groups in total. The number of carbonyl (C=O) groups is 1. The second-order valence-electron chi connectivity index (χ2n) is 7.23. The van der Waals surface area contributed by atoms with Crippen molar-refractivity contribution in [1.29, 1.82) is 0 Å². The van der Waals surface area contributed by atoms with Gasteiger partial charge < -0.3 is 11.1 Å². The summed E-state index contributed by atoms with van der Waals surface area (Å²) in [6.45, 7) is 0. The van der Waals surface area contributed by atoms with Crippen molar-refractivity contribution in [3.8, 4) is 11.1 Å². The van der Waals surface area contributed by atoms with Crippen molar-refractivity contribution in [2.45, 2.75) is 25.1 Å². The van der Waals surface area contributed by atoms with Crippen molar-refractivity contribution < 1.29 is 18.0 Å². The van der Waals surface area contributed by atoms with Gasteiger partial charge in [0.05, 0.1) is 5.56 Å². The Bertz CT molecular complexity index is 1060. The quantitative estimate of drug-likeness (QED) is 0.651. The van der Waals surface area contributed by atoms with Crippen LogP contribution in [0.25, 0.3) is 11.1 Å². The average Bonchev–Trinajstić information content (AvgIpc) is 3.06. The van der Waals surface area contributed by atoms with Crippen molar-refractivity contribution in [2.24, 2.45) is 5.73 Å². The molecule has 1 aliphatic carbocycles. The average molecular weight is 396 g/mol. The maximum Gasteiger partial charge on any atom is 0.416 e. The lowest BCUT2D eigenvalue weighted by atomic mass is 9.98. The van der Waals surface area contributed by atoms with Crippen molar-refractivity contribution in [2.75, 3.05) is 5.32 Å². The summed E-state index contributed by atoms with van der Waals surface area (Å²) in [5.41, 5.74) is 9.78. The lowest BCUT2D eigenvalue weighted by molar-refractivity contribution is -0.137. The third-order valence-electron chi connectivity index (χ3n) is 5.12. The van der Waals surface area contributed by atoms with Gasteiger partial charge in [-0.25, -0.2) is 0 Å². The van der Waals surface area contributed by atoms with Crippen molar-refractivity contribution in [3.63, 3.8) is 0 Å². The number of amides is 1. The molecule has 0 saturated carbocycles. The summed E-state index contributed by atoms with van der Waals surface area (Å²) in [6, 6.07) is 17.5. The van der Waals surface area contributed by atoms with Crippen LogP contribution in [0.1, 0.15) is 27.0 Å². The third-order valence-corrected chi connectivity index (χ3v) is 5.12. The molecule has 29 heavy (non-hydrogen) atoms. The zero-order valence-corrected chi connectivity index (χ0v) is 15.5. The van der Waals surface area contributed by atoms with Crippen LogP contribution in [0.15, 0.2) is 66.7 Å². The number of carbonyl (C=O) groups excluding carboxylic acids is 1. The highest BCUT2D eigenvalue weighted by Gasteiger charge is 2.30.